The largest absolute Gasteiger partial charge is 0.486 e. The van der Waals surface area contributed by atoms with Gasteiger partial charge in [-0.2, -0.15) is 13.2 Å². The van der Waals surface area contributed by atoms with Crippen molar-refractivity contribution < 1.29 is 27.8 Å². The van der Waals surface area contributed by atoms with E-state index in [2.05, 4.69) is 9.97 Å². The van der Waals surface area contributed by atoms with Gasteiger partial charge in [0.15, 0.2) is 0 Å². The molecule has 5 nitrogen and oxygen atoms in total. The van der Waals surface area contributed by atoms with Crippen LogP contribution >= 0.6 is 11.3 Å². The average Bonchev–Trinajstić information content (AvgIpc) is 3.12. The number of nitrogens with zero attached hydrogens (tertiary/aromatic N) is 2. The summed E-state index contributed by atoms with van der Waals surface area (Å²) in [6.45, 7) is 2.02. The Balaban J connectivity index is 1.55. The molecule has 0 saturated heterocycles. The number of aryl methyl sites for hydroxylation is 1. The second kappa shape index (κ2) is 8.58. The van der Waals surface area contributed by atoms with Crippen molar-refractivity contribution in [2.75, 3.05) is 0 Å². The van der Waals surface area contributed by atoms with Gasteiger partial charge in [-0.1, -0.05) is 30.3 Å². The number of aliphatic carboxylic acids is 1. The van der Waals surface area contributed by atoms with E-state index in [1.165, 1.54) is 23.5 Å². The highest BCUT2D eigenvalue weighted by Crippen LogP contribution is 2.33. The molecule has 0 aliphatic carbocycles. The molecule has 2 aromatic carbocycles. The minimum absolute atomic E-state index is 0.186. The molecule has 0 unspecified atom stereocenters. The third kappa shape index (κ3) is 4.72. The van der Waals surface area contributed by atoms with Crippen LogP contribution in [0.2, 0.25) is 0 Å². The molecule has 164 valence electrons. The van der Waals surface area contributed by atoms with E-state index in [-0.39, 0.29) is 13.0 Å². The highest BCUT2D eigenvalue weighted by molar-refractivity contribution is 7.15. The van der Waals surface area contributed by atoms with Crippen LogP contribution in [0.5, 0.6) is 5.75 Å². The van der Waals surface area contributed by atoms with Crippen molar-refractivity contribution in [3.8, 4) is 16.3 Å². The number of carbonyl (C=O) groups is 1. The number of hydrogen-bond donors (Lipinski definition) is 1. The summed E-state index contributed by atoms with van der Waals surface area (Å²) in [5, 5.41) is 10.4. The smallest absolute Gasteiger partial charge is 0.416 e. The number of carboxylic acid groups (broad SMARTS) is 1. The quantitative estimate of drug-likeness (QED) is 0.390. The summed E-state index contributed by atoms with van der Waals surface area (Å²) in [6, 6.07) is 13.8. The van der Waals surface area contributed by atoms with E-state index in [4.69, 9.17) is 9.84 Å². The molecular weight excluding hydrogens is 441 g/mol. The molecule has 4 aromatic rings. The molecule has 0 fully saturated rings. The van der Waals surface area contributed by atoms with Crippen LogP contribution in [0.25, 0.3) is 21.5 Å². The van der Waals surface area contributed by atoms with Gasteiger partial charge in [0.2, 0.25) is 0 Å². The Morgan fingerprint density at radius 1 is 1.06 bits per heavy atom. The number of fused-ring (bicyclic) bond motifs is 1. The molecule has 2 aromatic heterocycles. The average molecular weight is 458 g/mol. The summed E-state index contributed by atoms with van der Waals surface area (Å²) in [7, 11) is 0. The summed E-state index contributed by atoms with van der Waals surface area (Å²) in [6.07, 6.45) is -4.57. The first-order chi connectivity index (χ1) is 15.2. The van der Waals surface area contributed by atoms with Crippen molar-refractivity contribution in [1.82, 2.24) is 9.97 Å². The van der Waals surface area contributed by atoms with Crippen molar-refractivity contribution in [2.24, 2.45) is 0 Å². The number of thiazole rings is 1. The third-order valence-corrected chi connectivity index (χ3v) is 5.96. The maximum Gasteiger partial charge on any atom is 0.416 e. The Kier molecular flexibility index (Phi) is 5.84. The lowest BCUT2D eigenvalue weighted by molar-refractivity contribution is -0.138. The Labute approximate surface area is 185 Å². The molecule has 0 aliphatic rings. The normalized spacial score (nSPS) is 11.6. The molecule has 0 spiro atoms. The Morgan fingerprint density at radius 2 is 1.81 bits per heavy atom. The first-order valence-electron chi connectivity index (χ1n) is 9.58. The van der Waals surface area contributed by atoms with Gasteiger partial charge >= 0.3 is 12.1 Å². The van der Waals surface area contributed by atoms with Crippen LogP contribution in [0.4, 0.5) is 13.2 Å². The number of ether oxygens (including phenoxy) is 1. The molecule has 1 N–H and O–H groups in total. The minimum Gasteiger partial charge on any atom is -0.486 e. The fourth-order valence-corrected chi connectivity index (χ4v) is 4.14. The van der Waals surface area contributed by atoms with Gasteiger partial charge in [0, 0.05) is 10.9 Å². The van der Waals surface area contributed by atoms with Crippen LogP contribution < -0.4 is 4.74 Å². The zero-order valence-electron chi connectivity index (χ0n) is 16.8. The fourth-order valence-electron chi connectivity index (χ4n) is 3.16. The van der Waals surface area contributed by atoms with Gasteiger partial charge in [0.1, 0.15) is 22.9 Å². The number of para-hydroxylation sites is 1. The summed E-state index contributed by atoms with van der Waals surface area (Å²) < 4.78 is 44.3. The van der Waals surface area contributed by atoms with Crippen molar-refractivity contribution in [3.63, 3.8) is 0 Å². The number of pyridine rings is 1. The number of hydrogen-bond acceptors (Lipinski definition) is 5. The first-order valence-corrected chi connectivity index (χ1v) is 10.4. The Morgan fingerprint density at radius 3 is 2.50 bits per heavy atom. The number of carboxylic acids is 1. The number of alkyl halides is 3. The van der Waals surface area contributed by atoms with E-state index >= 15 is 0 Å². The second-order valence-electron chi connectivity index (χ2n) is 7.09. The van der Waals surface area contributed by atoms with Crippen molar-refractivity contribution in [3.05, 3.63) is 76.4 Å². The van der Waals surface area contributed by atoms with Crippen LogP contribution in [0, 0.1) is 6.92 Å². The molecule has 0 amide bonds. The first kappa shape index (κ1) is 21.8. The lowest BCUT2D eigenvalue weighted by atomic mass is 10.1. The molecule has 0 atom stereocenters. The zero-order chi connectivity index (χ0) is 22.9. The van der Waals surface area contributed by atoms with E-state index in [1.54, 1.807) is 18.2 Å². The molecular formula is C23H17F3N2O3S. The summed E-state index contributed by atoms with van der Waals surface area (Å²) in [5.41, 5.74) is 1.62. The van der Waals surface area contributed by atoms with Crippen LogP contribution in [-0.2, 0) is 24.0 Å². The number of halogens is 3. The third-order valence-electron chi connectivity index (χ3n) is 4.78. The highest BCUT2D eigenvalue weighted by atomic mass is 32.1. The van der Waals surface area contributed by atoms with Crippen LogP contribution in [0.1, 0.15) is 21.8 Å². The van der Waals surface area contributed by atoms with Gasteiger partial charge in [-0.15, -0.1) is 11.3 Å². The van der Waals surface area contributed by atoms with Crippen LogP contribution in [-0.4, -0.2) is 21.0 Å². The van der Waals surface area contributed by atoms with E-state index in [1.807, 2.05) is 19.1 Å². The monoisotopic (exact) mass is 458 g/mol. The highest BCUT2D eigenvalue weighted by Gasteiger charge is 2.30. The molecule has 4 rings (SSSR count). The molecule has 0 aliphatic heterocycles. The predicted octanol–water partition coefficient (Wildman–Crippen LogP) is 5.89. The van der Waals surface area contributed by atoms with Crippen molar-refractivity contribution in [2.45, 2.75) is 26.1 Å². The summed E-state index contributed by atoms with van der Waals surface area (Å²) in [5.74, 6) is -0.454. The molecule has 9 heteroatoms. The molecule has 2 heterocycles. The molecule has 0 radical (unpaired) electrons. The lowest BCUT2D eigenvalue weighted by Gasteiger charge is -2.09. The van der Waals surface area contributed by atoms with Gasteiger partial charge in [0.25, 0.3) is 0 Å². The molecule has 0 bridgehead atoms. The predicted molar refractivity (Wildman–Crippen MR) is 115 cm³/mol. The van der Waals surface area contributed by atoms with E-state index in [0.29, 0.717) is 27.5 Å². The lowest BCUT2D eigenvalue weighted by Crippen LogP contribution is -2.03. The summed E-state index contributed by atoms with van der Waals surface area (Å²) >= 11 is 1.35. The van der Waals surface area contributed by atoms with Gasteiger partial charge in [0.05, 0.1) is 28.2 Å². The van der Waals surface area contributed by atoms with Crippen LogP contribution in [0.15, 0.2) is 54.6 Å². The maximum absolute atomic E-state index is 12.8. The minimum atomic E-state index is -4.38. The van der Waals surface area contributed by atoms with Gasteiger partial charge in [-0.25, -0.2) is 9.97 Å². The number of aromatic nitrogens is 2. The van der Waals surface area contributed by atoms with E-state index in [0.717, 1.165) is 28.1 Å². The van der Waals surface area contributed by atoms with Crippen LogP contribution in [0.3, 0.4) is 0 Å². The van der Waals surface area contributed by atoms with Crippen molar-refractivity contribution in [1.29, 1.82) is 0 Å². The maximum atomic E-state index is 12.8. The number of rotatable bonds is 6. The fraction of sp³-hybridized carbons (Fsp3) is 0.174. The molecule has 32 heavy (non-hydrogen) atoms. The van der Waals surface area contributed by atoms with E-state index < -0.39 is 17.7 Å². The Bertz CT molecular complexity index is 1280. The zero-order valence-corrected chi connectivity index (χ0v) is 17.6. The summed E-state index contributed by atoms with van der Waals surface area (Å²) in [4.78, 5) is 20.7. The molecule has 0 saturated carbocycles. The van der Waals surface area contributed by atoms with E-state index in [9.17, 15) is 18.0 Å². The van der Waals surface area contributed by atoms with Gasteiger partial charge in [-0.3, -0.25) is 4.79 Å². The van der Waals surface area contributed by atoms with Gasteiger partial charge in [-0.05, 0) is 31.2 Å². The SMILES string of the molecule is Cc1nc(-c2ccc(C(F)(F)F)cc2)sc1COc1cccc2ccc(CC(=O)O)nc12. The second-order valence-corrected chi connectivity index (χ2v) is 8.18. The van der Waals surface area contributed by atoms with Gasteiger partial charge < -0.3 is 9.84 Å². The topological polar surface area (TPSA) is 72.3 Å². The van der Waals surface area contributed by atoms with Crippen molar-refractivity contribution >= 4 is 28.2 Å². The standard InChI is InChI=1S/C23H17F3N2O3S/c1-13-19(32-22(27-13)15-5-8-16(9-6-15)23(24,25)26)12-31-18-4-2-3-14-7-10-17(11-20(29)30)28-21(14)18/h2-10H,11-12H2,1H3,(H,29,30). The number of benzene rings is 2. The Hall–Kier alpha value is -3.46.